The van der Waals surface area contributed by atoms with E-state index in [0.29, 0.717) is 5.56 Å². The van der Waals surface area contributed by atoms with E-state index in [2.05, 4.69) is 10.3 Å². The number of ether oxygens (including phenoxy) is 1. The van der Waals surface area contributed by atoms with Gasteiger partial charge in [0.1, 0.15) is 13.7 Å². The fourth-order valence-electron chi connectivity index (χ4n) is 3.12. The summed E-state index contributed by atoms with van der Waals surface area (Å²) in [7, 11) is 2.69. The molecule has 0 amide bonds. The van der Waals surface area contributed by atoms with Crippen LogP contribution in [0.2, 0.25) is 0 Å². The first kappa shape index (κ1) is 21.2. The minimum atomic E-state index is -0.580. The van der Waals surface area contributed by atoms with Crippen molar-refractivity contribution in [2.75, 3.05) is 14.2 Å². The zero-order chi connectivity index (χ0) is 20.7. The molecule has 0 heterocycles. The lowest BCUT2D eigenvalue weighted by Crippen LogP contribution is -2.20. The van der Waals surface area contributed by atoms with Crippen molar-refractivity contribution in [1.29, 1.82) is 0 Å². The lowest BCUT2D eigenvalue weighted by molar-refractivity contribution is -0.132. The van der Waals surface area contributed by atoms with Gasteiger partial charge in [-0.1, -0.05) is 46.7 Å². The zero-order valence-electron chi connectivity index (χ0n) is 17.2. The molecule has 2 aromatic carbocycles. The minimum absolute atomic E-state index is 0.0859. The first-order valence-corrected chi connectivity index (χ1v) is 8.92. The van der Waals surface area contributed by atoms with Crippen LogP contribution >= 0.6 is 0 Å². The number of oxime groups is 2. The molecule has 0 unspecified atom stereocenters. The molecule has 0 saturated heterocycles. The van der Waals surface area contributed by atoms with Crippen LogP contribution in [0.15, 0.2) is 46.7 Å². The number of aryl methyl sites for hydroxylation is 3. The zero-order valence-corrected chi connectivity index (χ0v) is 17.2. The number of benzene rings is 2. The Bertz CT molecular complexity index is 896. The van der Waals surface area contributed by atoms with Crippen LogP contribution in [0.3, 0.4) is 0 Å². The van der Waals surface area contributed by atoms with E-state index in [-0.39, 0.29) is 12.3 Å². The quantitative estimate of drug-likeness (QED) is 0.411. The van der Waals surface area contributed by atoms with Crippen LogP contribution in [0.1, 0.15) is 40.3 Å². The topological polar surface area (TPSA) is 69.5 Å². The molecule has 0 aliphatic rings. The first-order valence-electron chi connectivity index (χ1n) is 8.92. The summed E-state index contributed by atoms with van der Waals surface area (Å²) in [5, 5.41) is 8.12. The van der Waals surface area contributed by atoms with Crippen LogP contribution < -0.4 is 0 Å². The summed E-state index contributed by atoms with van der Waals surface area (Å²) < 4.78 is 4.82. The summed E-state index contributed by atoms with van der Waals surface area (Å²) in [6.07, 6.45) is 0. The maximum atomic E-state index is 12.1. The number of nitrogens with zero attached hydrogens (tertiary/aromatic N) is 2. The number of rotatable bonds is 7. The Hall–Kier alpha value is -3.15. The van der Waals surface area contributed by atoms with E-state index in [1.807, 2.05) is 58.0 Å². The fourth-order valence-corrected chi connectivity index (χ4v) is 3.12. The van der Waals surface area contributed by atoms with E-state index in [4.69, 9.17) is 14.4 Å². The van der Waals surface area contributed by atoms with Gasteiger partial charge in [-0.25, -0.2) is 4.79 Å². The number of carbonyl (C=O) groups is 1. The van der Waals surface area contributed by atoms with Crippen molar-refractivity contribution >= 4 is 17.4 Å². The molecular formula is C22H26N2O4. The second-order valence-corrected chi connectivity index (χ2v) is 6.43. The molecule has 0 N–H and O–H groups in total. The maximum absolute atomic E-state index is 12.1. The van der Waals surface area contributed by atoms with Gasteiger partial charge < -0.3 is 14.4 Å². The van der Waals surface area contributed by atoms with Gasteiger partial charge in [0, 0.05) is 16.7 Å². The highest BCUT2D eigenvalue weighted by atomic mass is 16.6. The Morgan fingerprint density at radius 2 is 1.54 bits per heavy atom. The Balaban J connectivity index is 2.32. The predicted octanol–water partition coefficient (Wildman–Crippen LogP) is 4.08. The van der Waals surface area contributed by atoms with Crippen LogP contribution in [0.25, 0.3) is 0 Å². The standard InChI is InChI=1S/C22H26N2O4/c1-14-9-8-12-18(21(24-27-6)22(25)26-5)19(14)13-28-23-17(4)20-15(2)10-7-11-16(20)3/h7-12H,13H2,1-6H3/b23-17+,24-21+. The Morgan fingerprint density at radius 1 is 0.929 bits per heavy atom. The molecule has 0 aliphatic carbocycles. The second-order valence-electron chi connectivity index (χ2n) is 6.43. The Morgan fingerprint density at radius 3 is 2.14 bits per heavy atom. The molecule has 0 radical (unpaired) electrons. The van der Waals surface area contributed by atoms with E-state index in [1.54, 1.807) is 6.07 Å². The van der Waals surface area contributed by atoms with E-state index in [0.717, 1.165) is 33.5 Å². The maximum Gasteiger partial charge on any atom is 0.360 e. The molecule has 6 heteroatoms. The van der Waals surface area contributed by atoms with Gasteiger partial charge in [0.2, 0.25) is 0 Å². The van der Waals surface area contributed by atoms with E-state index >= 15 is 0 Å². The highest BCUT2D eigenvalue weighted by molar-refractivity contribution is 6.43. The van der Waals surface area contributed by atoms with E-state index in [9.17, 15) is 4.79 Å². The third-order valence-corrected chi connectivity index (χ3v) is 4.48. The van der Waals surface area contributed by atoms with E-state index < -0.39 is 5.97 Å². The monoisotopic (exact) mass is 382 g/mol. The molecule has 0 atom stereocenters. The Kier molecular flexibility index (Phi) is 7.32. The minimum Gasteiger partial charge on any atom is -0.464 e. The second kappa shape index (κ2) is 9.69. The highest BCUT2D eigenvalue weighted by Gasteiger charge is 2.20. The van der Waals surface area contributed by atoms with Crippen LogP contribution in [-0.2, 0) is 25.8 Å². The van der Waals surface area contributed by atoms with Gasteiger partial charge in [0.05, 0.1) is 12.8 Å². The van der Waals surface area contributed by atoms with Crippen LogP contribution in [0.4, 0.5) is 0 Å². The van der Waals surface area contributed by atoms with Crippen LogP contribution in [-0.4, -0.2) is 31.6 Å². The van der Waals surface area contributed by atoms with Gasteiger partial charge in [-0.3, -0.25) is 0 Å². The number of carbonyl (C=O) groups excluding carboxylic acids is 1. The van der Waals surface area contributed by atoms with Gasteiger partial charge in [-0.2, -0.15) is 0 Å². The highest BCUT2D eigenvalue weighted by Crippen LogP contribution is 2.19. The van der Waals surface area contributed by atoms with Crippen molar-refractivity contribution in [1.82, 2.24) is 0 Å². The third kappa shape index (κ3) is 4.76. The van der Waals surface area contributed by atoms with Crippen LogP contribution in [0.5, 0.6) is 0 Å². The average molecular weight is 382 g/mol. The SMILES string of the molecule is CO/N=C(/C(=O)OC)c1cccc(C)c1CO/N=C(\C)c1c(C)cccc1C. The number of esters is 1. The third-order valence-electron chi connectivity index (χ3n) is 4.48. The molecule has 0 spiro atoms. The van der Waals surface area contributed by atoms with Gasteiger partial charge in [-0.15, -0.1) is 0 Å². The predicted molar refractivity (Wildman–Crippen MR) is 110 cm³/mol. The lowest BCUT2D eigenvalue weighted by Gasteiger charge is -2.13. The van der Waals surface area contributed by atoms with Crippen molar-refractivity contribution in [3.05, 3.63) is 69.8 Å². The smallest absolute Gasteiger partial charge is 0.360 e. The molecule has 2 rings (SSSR count). The summed E-state index contributed by atoms with van der Waals surface area (Å²) in [5.41, 5.74) is 6.57. The summed E-state index contributed by atoms with van der Waals surface area (Å²) >= 11 is 0. The van der Waals surface area contributed by atoms with Crippen molar-refractivity contribution in [3.8, 4) is 0 Å². The molecule has 0 bridgehead atoms. The number of hydrogen-bond donors (Lipinski definition) is 0. The average Bonchev–Trinajstić information content (AvgIpc) is 2.66. The summed E-state index contributed by atoms with van der Waals surface area (Å²) in [6.45, 7) is 8.13. The van der Waals surface area contributed by atoms with Gasteiger partial charge in [-0.05, 0) is 44.4 Å². The molecule has 148 valence electrons. The normalized spacial score (nSPS) is 11.9. The van der Waals surface area contributed by atoms with Crippen LogP contribution in [0, 0.1) is 20.8 Å². The molecule has 0 aliphatic heterocycles. The molecule has 0 aromatic heterocycles. The van der Waals surface area contributed by atoms with Crippen molar-refractivity contribution < 1.29 is 19.2 Å². The number of hydrogen-bond acceptors (Lipinski definition) is 6. The molecular weight excluding hydrogens is 356 g/mol. The Labute approximate surface area is 165 Å². The molecule has 2 aromatic rings. The van der Waals surface area contributed by atoms with Gasteiger partial charge in [0.15, 0.2) is 5.71 Å². The lowest BCUT2D eigenvalue weighted by atomic mass is 9.99. The van der Waals surface area contributed by atoms with Crippen molar-refractivity contribution in [2.24, 2.45) is 10.3 Å². The molecule has 28 heavy (non-hydrogen) atoms. The largest absolute Gasteiger partial charge is 0.464 e. The van der Waals surface area contributed by atoms with Crippen molar-refractivity contribution in [3.63, 3.8) is 0 Å². The summed E-state index contributed by atoms with van der Waals surface area (Å²) in [5.74, 6) is -0.580. The van der Waals surface area contributed by atoms with E-state index in [1.165, 1.54) is 14.2 Å². The molecule has 0 saturated carbocycles. The summed E-state index contributed by atoms with van der Waals surface area (Å²) in [6, 6.07) is 11.7. The molecule has 6 nitrogen and oxygen atoms in total. The van der Waals surface area contributed by atoms with Gasteiger partial charge in [0.25, 0.3) is 0 Å². The molecule has 0 fully saturated rings. The fraction of sp³-hybridized carbons (Fsp3) is 0.318. The van der Waals surface area contributed by atoms with Crippen molar-refractivity contribution in [2.45, 2.75) is 34.3 Å². The van der Waals surface area contributed by atoms with Gasteiger partial charge >= 0.3 is 5.97 Å². The summed E-state index contributed by atoms with van der Waals surface area (Å²) in [4.78, 5) is 22.6. The first-order chi connectivity index (χ1) is 13.4. The number of methoxy groups -OCH3 is 1.